The Morgan fingerprint density at radius 3 is 2.30 bits per heavy atom. The maximum absolute atomic E-state index is 10.3. The second kappa shape index (κ2) is 5.27. The summed E-state index contributed by atoms with van der Waals surface area (Å²) in [7, 11) is 0. The molecule has 1 aliphatic rings. The third-order valence-electron chi connectivity index (χ3n) is 1.34. The van der Waals surface area contributed by atoms with E-state index in [2.05, 4.69) is 5.32 Å². The van der Waals surface area contributed by atoms with E-state index in [1.807, 2.05) is 13.8 Å². The van der Waals surface area contributed by atoms with Crippen LogP contribution in [-0.2, 0) is 4.79 Å². The van der Waals surface area contributed by atoms with Crippen LogP contribution in [0, 0.1) is 5.92 Å². The molecule has 10 heavy (non-hydrogen) atoms. The zero-order valence-corrected chi connectivity index (χ0v) is 7.11. The molecule has 0 spiro atoms. The number of amides is 1. The number of nitrogens with one attached hydrogen (secondary N) is 1. The van der Waals surface area contributed by atoms with E-state index >= 15 is 0 Å². The fraction of sp³-hybridized carbons (Fsp3) is 0.875. The van der Waals surface area contributed by atoms with Crippen LogP contribution < -0.4 is 5.32 Å². The van der Waals surface area contributed by atoms with Gasteiger partial charge in [0.05, 0.1) is 0 Å². The Morgan fingerprint density at radius 1 is 1.50 bits per heavy atom. The van der Waals surface area contributed by atoms with E-state index in [0.29, 0.717) is 0 Å². The van der Waals surface area contributed by atoms with Crippen molar-refractivity contribution in [1.82, 2.24) is 5.32 Å². The summed E-state index contributed by atoms with van der Waals surface area (Å²) in [5.41, 5.74) is 0. The molecule has 0 aliphatic heterocycles. The van der Waals surface area contributed by atoms with Gasteiger partial charge in [-0.05, 0) is 18.8 Å². The first-order valence-corrected chi connectivity index (χ1v) is 4.03. The van der Waals surface area contributed by atoms with E-state index in [1.165, 1.54) is 12.8 Å². The van der Waals surface area contributed by atoms with E-state index in [1.54, 1.807) is 6.92 Å². The molecule has 0 aromatic rings. The Bertz CT molecular complexity index is 97.4. The zero-order valence-electron chi connectivity index (χ0n) is 7.11. The molecule has 1 rings (SSSR count). The molecule has 1 fully saturated rings. The van der Waals surface area contributed by atoms with E-state index < -0.39 is 0 Å². The SMILES string of the molecule is CC.CC(=O)NCC1CC1. The van der Waals surface area contributed by atoms with Crippen LogP contribution in [0.5, 0.6) is 0 Å². The molecule has 60 valence electrons. The third kappa shape index (κ3) is 5.60. The summed E-state index contributed by atoms with van der Waals surface area (Å²) in [6.07, 6.45) is 2.61. The molecule has 1 aliphatic carbocycles. The molecule has 2 heteroatoms. The van der Waals surface area contributed by atoms with Crippen molar-refractivity contribution in [1.29, 1.82) is 0 Å². The van der Waals surface area contributed by atoms with Gasteiger partial charge in [-0.25, -0.2) is 0 Å². The highest BCUT2D eigenvalue weighted by atomic mass is 16.1. The van der Waals surface area contributed by atoms with Crippen LogP contribution in [0.4, 0.5) is 0 Å². The van der Waals surface area contributed by atoms with Gasteiger partial charge < -0.3 is 5.32 Å². The standard InChI is InChI=1S/C6H11NO.C2H6/c1-5(8)7-4-6-2-3-6;1-2/h6H,2-4H2,1H3,(H,7,8);1-2H3. The van der Waals surface area contributed by atoms with Gasteiger partial charge in [0.2, 0.25) is 5.91 Å². The van der Waals surface area contributed by atoms with Crippen LogP contribution in [0.1, 0.15) is 33.6 Å². The fourth-order valence-corrected chi connectivity index (χ4v) is 0.610. The lowest BCUT2D eigenvalue weighted by molar-refractivity contribution is -0.119. The lowest BCUT2D eigenvalue weighted by Gasteiger charge is -1.95. The molecule has 0 aromatic carbocycles. The third-order valence-corrected chi connectivity index (χ3v) is 1.34. The number of carbonyl (C=O) groups is 1. The molecule has 0 radical (unpaired) electrons. The van der Waals surface area contributed by atoms with Crippen molar-refractivity contribution in [2.45, 2.75) is 33.6 Å². The summed E-state index contributed by atoms with van der Waals surface area (Å²) in [6.45, 7) is 6.46. The second-order valence-electron chi connectivity index (χ2n) is 2.38. The van der Waals surface area contributed by atoms with Gasteiger partial charge in [-0.2, -0.15) is 0 Å². The van der Waals surface area contributed by atoms with Gasteiger partial charge in [-0.1, -0.05) is 13.8 Å². The number of hydrogen-bond acceptors (Lipinski definition) is 1. The normalized spacial score (nSPS) is 15.1. The van der Waals surface area contributed by atoms with Gasteiger partial charge in [0.25, 0.3) is 0 Å². The van der Waals surface area contributed by atoms with Crippen LogP contribution >= 0.6 is 0 Å². The first kappa shape index (κ1) is 9.47. The summed E-state index contributed by atoms with van der Waals surface area (Å²) in [6, 6.07) is 0. The Hall–Kier alpha value is -0.530. The number of rotatable bonds is 2. The Balaban J connectivity index is 0.000000371. The van der Waals surface area contributed by atoms with Crippen molar-refractivity contribution < 1.29 is 4.79 Å². The predicted octanol–water partition coefficient (Wildman–Crippen LogP) is 1.56. The average Bonchev–Trinajstić information content (AvgIpc) is 2.70. The van der Waals surface area contributed by atoms with Crippen LogP contribution in [0.3, 0.4) is 0 Å². The molecular formula is C8H17NO. The highest BCUT2D eigenvalue weighted by molar-refractivity contribution is 5.72. The highest BCUT2D eigenvalue weighted by Gasteiger charge is 2.20. The van der Waals surface area contributed by atoms with Gasteiger partial charge in [0.1, 0.15) is 0 Å². The first-order chi connectivity index (χ1) is 4.79. The maximum Gasteiger partial charge on any atom is 0.216 e. The van der Waals surface area contributed by atoms with Gasteiger partial charge in [-0.3, -0.25) is 4.79 Å². The van der Waals surface area contributed by atoms with Gasteiger partial charge in [0, 0.05) is 13.5 Å². The number of hydrogen-bond donors (Lipinski definition) is 1. The van der Waals surface area contributed by atoms with E-state index in [0.717, 1.165) is 12.5 Å². The van der Waals surface area contributed by atoms with Crippen LogP contribution in [0.25, 0.3) is 0 Å². The fourth-order valence-electron chi connectivity index (χ4n) is 0.610. The van der Waals surface area contributed by atoms with Crippen molar-refractivity contribution in [3.8, 4) is 0 Å². The largest absolute Gasteiger partial charge is 0.356 e. The van der Waals surface area contributed by atoms with Crippen LogP contribution in [0.2, 0.25) is 0 Å². The molecule has 0 unspecified atom stereocenters. The van der Waals surface area contributed by atoms with Crippen molar-refractivity contribution in [3.05, 3.63) is 0 Å². The smallest absolute Gasteiger partial charge is 0.216 e. The van der Waals surface area contributed by atoms with Gasteiger partial charge in [0.15, 0.2) is 0 Å². The molecule has 0 saturated heterocycles. The minimum Gasteiger partial charge on any atom is -0.356 e. The van der Waals surface area contributed by atoms with Crippen molar-refractivity contribution in [2.75, 3.05) is 6.54 Å². The van der Waals surface area contributed by atoms with E-state index in [-0.39, 0.29) is 5.91 Å². The maximum atomic E-state index is 10.3. The van der Waals surface area contributed by atoms with Gasteiger partial charge in [-0.15, -0.1) is 0 Å². The minimum atomic E-state index is 0.0944. The van der Waals surface area contributed by atoms with Crippen molar-refractivity contribution >= 4 is 5.91 Å². The monoisotopic (exact) mass is 143 g/mol. The quantitative estimate of drug-likeness (QED) is 0.624. The Labute approximate surface area is 63.0 Å². The Kier molecular flexibility index (Phi) is 4.99. The number of carbonyl (C=O) groups excluding carboxylic acids is 1. The van der Waals surface area contributed by atoms with Gasteiger partial charge >= 0.3 is 0 Å². The molecule has 0 bridgehead atoms. The average molecular weight is 143 g/mol. The van der Waals surface area contributed by atoms with E-state index in [4.69, 9.17) is 0 Å². The molecule has 1 amide bonds. The Morgan fingerprint density at radius 2 is 2.00 bits per heavy atom. The van der Waals surface area contributed by atoms with Crippen LogP contribution in [0.15, 0.2) is 0 Å². The summed E-state index contributed by atoms with van der Waals surface area (Å²) >= 11 is 0. The molecule has 2 nitrogen and oxygen atoms in total. The summed E-state index contributed by atoms with van der Waals surface area (Å²) in [5, 5.41) is 2.77. The molecule has 1 N–H and O–H groups in total. The minimum absolute atomic E-state index is 0.0944. The summed E-state index contributed by atoms with van der Waals surface area (Å²) < 4.78 is 0. The highest BCUT2D eigenvalue weighted by Crippen LogP contribution is 2.27. The lowest BCUT2D eigenvalue weighted by atomic mass is 10.4. The molecule has 0 aromatic heterocycles. The molecule has 0 atom stereocenters. The van der Waals surface area contributed by atoms with Crippen LogP contribution in [-0.4, -0.2) is 12.5 Å². The second-order valence-corrected chi connectivity index (χ2v) is 2.38. The summed E-state index contributed by atoms with van der Waals surface area (Å²) in [5.74, 6) is 0.899. The van der Waals surface area contributed by atoms with Crippen molar-refractivity contribution in [3.63, 3.8) is 0 Å². The van der Waals surface area contributed by atoms with E-state index in [9.17, 15) is 4.79 Å². The zero-order chi connectivity index (χ0) is 7.98. The topological polar surface area (TPSA) is 29.1 Å². The molecule has 0 heterocycles. The lowest BCUT2D eigenvalue weighted by Crippen LogP contribution is -2.21. The summed E-state index contributed by atoms with van der Waals surface area (Å²) in [4.78, 5) is 10.3. The predicted molar refractivity (Wildman–Crippen MR) is 42.8 cm³/mol. The molecular weight excluding hydrogens is 126 g/mol. The first-order valence-electron chi connectivity index (χ1n) is 4.03. The van der Waals surface area contributed by atoms with Crippen molar-refractivity contribution in [2.24, 2.45) is 5.92 Å². The molecule has 1 saturated carbocycles.